The van der Waals surface area contributed by atoms with Crippen molar-refractivity contribution in [2.45, 2.75) is 30.7 Å². The number of carbonyl (C=O) groups is 2. The molecule has 1 aliphatic rings. The normalized spacial score (nSPS) is 18.8. The van der Waals surface area contributed by atoms with Crippen LogP contribution in [-0.4, -0.2) is 60.8 Å². The minimum Gasteiger partial charge on any atom is -0.480 e. The summed E-state index contributed by atoms with van der Waals surface area (Å²) in [6.07, 6.45) is 0.805. The smallest absolute Gasteiger partial charge is 0.322 e. The highest BCUT2D eigenvalue weighted by Gasteiger charge is 2.39. The lowest BCUT2D eigenvalue weighted by Crippen LogP contribution is -2.40. The minimum atomic E-state index is -3.94. The Morgan fingerprint density at radius 1 is 1.39 bits per heavy atom. The maximum Gasteiger partial charge on any atom is 0.322 e. The third-order valence-corrected chi connectivity index (χ3v) is 5.90. The van der Waals surface area contributed by atoms with Gasteiger partial charge in [-0.2, -0.15) is 4.31 Å². The molecule has 1 N–H and O–H groups in total. The van der Waals surface area contributed by atoms with Crippen molar-refractivity contribution < 1.29 is 23.1 Å². The predicted molar refractivity (Wildman–Crippen MR) is 83.6 cm³/mol. The molecule has 0 aromatic heterocycles. The van der Waals surface area contributed by atoms with Gasteiger partial charge in [-0.3, -0.25) is 9.59 Å². The van der Waals surface area contributed by atoms with Gasteiger partial charge in [0.1, 0.15) is 6.04 Å². The van der Waals surface area contributed by atoms with E-state index >= 15 is 0 Å². The molecule has 1 saturated heterocycles. The number of nitrogens with zero attached hydrogens (tertiary/aromatic N) is 2. The van der Waals surface area contributed by atoms with Crippen LogP contribution in [0.25, 0.3) is 0 Å². The molecular weight excluding hydrogens is 320 g/mol. The molecule has 1 aromatic rings. The van der Waals surface area contributed by atoms with Gasteiger partial charge in [0, 0.05) is 25.7 Å². The summed E-state index contributed by atoms with van der Waals surface area (Å²) >= 11 is 0. The first-order chi connectivity index (χ1) is 10.8. The second kappa shape index (κ2) is 6.67. The third-order valence-electron chi connectivity index (χ3n) is 4.00. The van der Waals surface area contributed by atoms with E-state index in [0.29, 0.717) is 19.4 Å². The van der Waals surface area contributed by atoms with Crippen LogP contribution < -0.4 is 0 Å². The molecule has 1 amide bonds. The highest BCUT2D eigenvalue weighted by atomic mass is 32.2. The van der Waals surface area contributed by atoms with E-state index < -0.39 is 22.0 Å². The van der Waals surface area contributed by atoms with Gasteiger partial charge in [0.15, 0.2) is 0 Å². The summed E-state index contributed by atoms with van der Waals surface area (Å²) in [6, 6.07) is 4.69. The molecule has 2 rings (SSSR count). The number of rotatable bonds is 5. The largest absolute Gasteiger partial charge is 0.480 e. The van der Waals surface area contributed by atoms with E-state index in [1.807, 2.05) is 6.92 Å². The molecule has 0 aliphatic carbocycles. The van der Waals surface area contributed by atoms with E-state index in [4.69, 9.17) is 0 Å². The van der Waals surface area contributed by atoms with E-state index in [-0.39, 0.29) is 22.9 Å². The van der Waals surface area contributed by atoms with Crippen molar-refractivity contribution in [3.8, 4) is 0 Å². The molecule has 23 heavy (non-hydrogen) atoms. The van der Waals surface area contributed by atoms with Crippen molar-refractivity contribution in [2.75, 3.05) is 20.1 Å². The predicted octanol–water partition coefficient (Wildman–Crippen LogP) is 1.02. The van der Waals surface area contributed by atoms with Crippen LogP contribution in [0.3, 0.4) is 0 Å². The van der Waals surface area contributed by atoms with Crippen LogP contribution in [0.2, 0.25) is 0 Å². The van der Waals surface area contributed by atoms with Crippen LogP contribution in [0.5, 0.6) is 0 Å². The number of aliphatic carboxylic acids is 1. The minimum absolute atomic E-state index is 0.0546. The fourth-order valence-electron chi connectivity index (χ4n) is 2.56. The highest BCUT2D eigenvalue weighted by Crippen LogP contribution is 2.26. The second-order valence-corrected chi connectivity index (χ2v) is 7.35. The van der Waals surface area contributed by atoms with Gasteiger partial charge in [-0.05, 0) is 38.0 Å². The van der Waals surface area contributed by atoms with Crippen molar-refractivity contribution in [3.05, 3.63) is 29.8 Å². The zero-order valence-electron chi connectivity index (χ0n) is 13.1. The monoisotopic (exact) mass is 340 g/mol. The first-order valence-corrected chi connectivity index (χ1v) is 8.83. The average Bonchev–Trinajstić information content (AvgIpc) is 3.04. The Kier molecular flexibility index (Phi) is 5.06. The van der Waals surface area contributed by atoms with Gasteiger partial charge in [0.2, 0.25) is 10.0 Å². The van der Waals surface area contributed by atoms with Crippen LogP contribution in [0.4, 0.5) is 0 Å². The quantitative estimate of drug-likeness (QED) is 0.863. The summed E-state index contributed by atoms with van der Waals surface area (Å²) in [5.74, 6) is -1.43. The van der Waals surface area contributed by atoms with Crippen molar-refractivity contribution in [3.63, 3.8) is 0 Å². The van der Waals surface area contributed by atoms with Crippen LogP contribution in [0, 0.1) is 0 Å². The number of carbonyl (C=O) groups excluding carboxylic acids is 1. The first kappa shape index (κ1) is 17.4. The third kappa shape index (κ3) is 3.37. The van der Waals surface area contributed by atoms with Gasteiger partial charge in [0.25, 0.3) is 5.91 Å². The molecular formula is C15H20N2O5S. The fraction of sp³-hybridized carbons (Fsp3) is 0.467. The lowest BCUT2D eigenvalue weighted by atomic mass is 10.2. The molecule has 1 fully saturated rings. The van der Waals surface area contributed by atoms with Gasteiger partial charge >= 0.3 is 5.97 Å². The zero-order valence-corrected chi connectivity index (χ0v) is 13.9. The lowest BCUT2D eigenvalue weighted by molar-refractivity contribution is -0.140. The van der Waals surface area contributed by atoms with Gasteiger partial charge in [-0.1, -0.05) is 6.07 Å². The van der Waals surface area contributed by atoms with E-state index in [2.05, 4.69) is 0 Å². The lowest BCUT2D eigenvalue weighted by Gasteiger charge is -2.21. The van der Waals surface area contributed by atoms with E-state index in [1.54, 1.807) is 13.1 Å². The Morgan fingerprint density at radius 3 is 2.70 bits per heavy atom. The highest BCUT2D eigenvalue weighted by molar-refractivity contribution is 7.89. The van der Waals surface area contributed by atoms with Gasteiger partial charge in [0.05, 0.1) is 4.90 Å². The molecule has 0 spiro atoms. The number of carboxylic acid groups (broad SMARTS) is 1. The van der Waals surface area contributed by atoms with Gasteiger partial charge in [-0.25, -0.2) is 8.42 Å². The summed E-state index contributed by atoms with van der Waals surface area (Å²) in [5, 5.41) is 9.17. The molecule has 0 radical (unpaired) electrons. The first-order valence-electron chi connectivity index (χ1n) is 7.39. The van der Waals surface area contributed by atoms with E-state index in [1.165, 1.54) is 23.1 Å². The van der Waals surface area contributed by atoms with Gasteiger partial charge < -0.3 is 10.0 Å². The second-order valence-electron chi connectivity index (χ2n) is 5.46. The zero-order chi connectivity index (χ0) is 17.2. The molecule has 7 nitrogen and oxygen atoms in total. The summed E-state index contributed by atoms with van der Waals surface area (Å²) in [4.78, 5) is 24.8. The number of hydrogen-bond donors (Lipinski definition) is 1. The Hall–Kier alpha value is -1.93. The SMILES string of the molecule is CCN(C)C(=O)c1cccc(S(=O)(=O)N2CCCC2C(=O)O)c1. The molecule has 0 bridgehead atoms. The molecule has 1 aliphatic heterocycles. The topological polar surface area (TPSA) is 95.0 Å². The summed E-state index contributed by atoms with van der Waals surface area (Å²) < 4.78 is 26.4. The molecule has 1 aromatic carbocycles. The summed E-state index contributed by atoms with van der Waals surface area (Å²) in [5.41, 5.74) is 0.265. The van der Waals surface area contributed by atoms with Crippen molar-refractivity contribution in [1.82, 2.24) is 9.21 Å². The molecule has 1 unspecified atom stereocenters. The van der Waals surface area contributed by atoms with Gasteiger partial charge in [-0.15, -0.1) is 0 Å². The van der Waals surface area contributed by atoms with Crippen molar-refractivity contribution in [2.24, 2.45) is 0 Å². The number of sulfonamides is 1. The Morgan fingerprint density at radius 2 is 2.09 bits per heavy atom. The Labute approximate surface area is 135 Å². The van der Waals surface area contributed by atoms with Crippen LogP contribution in [0.15, 0.2) is 29.2 Å². The van der Waals surface area contributed by atoms with Crippen molar-refractivity contribution >= 4 is 21.9 Å². The van der Waals surface area contributed by atoms with E-state index in [0.717, 1.165) is 4.31 Å². The number of hydrogen-bond acceptors (Lipinski definition) is 4. The number of benzene rings is 1. The molecule has 1 atom stereocenters. The summed E-state index contributed by atoms with van der Waals surface area (Å²) in [6.45, 7) is 2.50. The molecule has 8 heteroatoms. The maximum atomic E-state index is 12.7. The maximum absolute atomic E-state index is 12.7. The van der Waals surface area contributed by atoms with Crippen LogP contribution >= 0.6 is 0 Å². The van der Waals surface area contributed by atoms with E-state index in [9.17, 15) is 23.1 Å². The Balaban J connectivity index is 2.37. The van der Waals surface area contributed by atoms with Crippen LogP contribution in [0.1, 0.15) is 30.1 Å². The standard InChI is InChI=1S/C15H20N2O5S/c1-3-16(2)14(18)11-6-4-7-12(10-11)23(21,22)17-9-5-8-13(17)15(19)20/h4,6-7,10,13H,3,5,8-9H2,1-2H3,(H,19,20). The Bertz CT molecular complexity index is 716. The van der Waals surface area contributed by atoms with Crippen molar-refractivity contribution in [1.29, 1.82) is 0 Å². The number of amides is 1. The van der Waals surface area contributed by atoms with Crippen LogP contribution in [-0.2, 0) is 14.8 Å². The summed E-state index contributed by atoms with van der Waals surface area (Å²) in [7, 11) is -2.31. The number of carboxylic acids is 1. The fourth-order valence-corrected chi connectivity index (χ4v) is 4.26. The molecule has 1 heterocycles. The molecule has 126 valence electrons. The average molecular weight is 340 g/mol. The molecule has 0 saturated carbocycles.